The number of hydrogen-bond acceptors (Lipinski definition) is 8. The molecule has 0 saturated heterocycles. The second-order valence-electron chi connectivity index (χ2n) is 8.63. The number of likely N-dealkylation sites (N-methyl/N-ethyl adjacent to an activating group) is 1. The molecule has 15 heteroatoms. The van der Waals surface area contributed by atoms with E-state index in [1.807, 2.05) is 13.0 Å². The van der Waals surface area contributed by atoms with Gasteiger partial charge in [0, 0.05) is 49.9 Å². The highest BCUT2D eigenvalue weighted by molar-refractivity contribution is 5.83. The number of halogens is 5. The fourth-order valence-electron chi connectivity index (χ4n) is 3.61. The Morgan fingerprint density at radius 3 is 2.62 bits per heavy atom. The third kappa shape index (κ3) is 9.24. The average molecular weight is 556 g/mol. The molecule has 1 atom stereocenters. The summed E-state index contributed by atoms with van der Waals surface area (Å²) < 4.78 is 70.2. The molecule has 0 radical (unpaired) electrons. The zero-order valence-corrected chi connectivity index (χ0v) is 22.1. The summed E-state index contributed by atoms with van der Waals surface area (Å²) in [5.74, 6) is 0.286. The molecular formula is C24H30F5N9O. The van der Waals surface area contributed by atoms with Crippen molar-refractivity contribution in [2.45, 2.75) is 52.4 Å². The molecule has 2 heterocycles. The lowest BCUT2D eigenvalue weighted by Crippen LogP contribution is -2.41. The molecule has 0 saturated carbocycles. The fourth-order valence-corrected chi connectivity index (χ4v) is 3.61. The predicted molar refractivity (Wildman–Crippen MR) is 136 cm³/mol. The molecule has 0 bridgehead atoms. The molecule has 1 aromatic heterocycles. The molecule has 0 amide bonds. The fraction of sp³-hybridized carbons (Fsp3) is 0.458. The lowest BCUT2D eigenvalue weighted by atomic mass is 10.0. The van der Waals surface area contributed by atoms with Gasteiger partial charge in [-0.25, -0.2) is 8.78 Å². The monoisotopic (exact) mass is 555 g/mol. The minimum absolute atomic E-state index is 0.0221. The number of aromatic nitrogens is 2. The summed E-state index contributed by atoms with van der Waals surface area (Å²) in [7, 11) is 3.15. The van der Waals surface area contributed by atoms with Gasteiger partial charge in [-0.3, -0.25) is 5.01 Å². The summed E-state index contributed by atoms with van der Waals surface area (Å²) in [4.78, 5) is 5.42. The lowest BCUT2D eigenvalue weighted by Gasteiger charge is -2.34. The van der Waals surface area contributed by atoms with Crippen molar-refractivity contribution in [3.63, 3.8) is 0 Å². The van der Waals surface area contributed by atoms with Crippen LogP contribution in [0, 0.1) is 18.4 Å². The third-order valence-corrected chi connectivity index (χ3v) is 5.56. The number of aliphatic imine (C=N–C) groups is 1. The maximum Gasteiger partial charge on any atom is 0.393 e. The smallest absolute Gasteiger partial charge is 0.393 e. The van der Waals surface area contributed by atoms with Gasteiger partial charge in [0.2, 0.25) is 12.2 Å². The molecule has 2 rings (SSSR count). The van der Waals surface area contributed by atoms with Crippen molar-refractivity contribution in [1.29, 1.82) is 5.26 Å². The Hall–Kier alpha value is -4.22. The Labute approximate surface area is 223 Å². The Morgan fingerprint density at radius 1 is 1.36 bits per heavy atom. The van der Waals surface area contributed by atoms with Crippen LogP contribution >= 0.6 is 0 Å². The molecule has 1 aliphatic heterocycles. The predicted octanol–water partition coefficient (Wildman–Crippen LogP) is 3.87. The van der Waals surface area contributed by atoms with E-state index >= 15 is 0 Å². The summed E-state index contributed by atoms with van der Waals surface area (Å²) in [5, 5.41) is 27.7. The number of ether oxygens (including phenoxy) is 1. The number of nitriles is 1. The summed E-state index contributed by atoms with van der Waals surface area (Å²) in [6.07, 6.45) is -3.70. The highest BCUT2D eigenvalue weighted by atomic mass is 19.4. The number of allylic oxidation sites excluding steroid dienone is 2. The van der Waals surface area contributed by atoms with Gasteiger partial charge in [0.25, 0.3) is 6.43 Å². The van der Waals surface area contributed by atoms with Crippen molar-refractivity contribution in [2.75, 3.05) is 20.7 Å². The minimum Gasteiger partial charge on any atom is -0.473 e. The number of guanidine groups is 1. The van der Waals surface area contributed by atoms with Crippen LogP contribution in [0.3, 0.4) is 0 Å². The molecule has 10 nitrogen and oxygen atoms in total. The van der Waals surface area contributed by atoms with Crippen LogP contribution < -0.4 is 10.6 Å². The molecule has 1 aliphatic rings. The van der Waals surface area contributed by atoms with Gasteiger partial charge in [0.1, 0.15) is 0 Å². The molecule has 0 fully saturated rings. The van der Waals surface area contributed by atoms with Crippen molar-refractivity contribution < 1.29 is 26.7 Å². The van der Waals surface area contributed by atoms with E-state index in [0.717, 1.165) is 5.01 Å². The molecule has 0 aliphatic carbocycles. The number of rotatable bonds is 10. The van der Waals surface area contributed by atoms with E-state index in [0.29, 0.717) is 22.5 Å². The molecule has 0 aromatic carbocycles. The first-order valence-electron chi connectivity index (χ1n) is 11.6. The third-order valence-electron chi connectivity index (χ3n) is 5.56. The largest absolute Gasteiger partial charge is 0.473 e. The summed E-state index contributed by atoms with van der Waals surface area (Å²) in [6, 6.07) is 1.34. The topological polar surface area (TPSA) is 114 Å². The van der Waals surface area contributed by atoms with E-state index in [1.165, 1.54) is 13.2 Å². The van der Waals surface area contributed by atoms with Crippen LogP contribution in [0.1, 0.15) is 37.2 Å². The average Bonchev–Trinajstić information content (AvgIpc) is 2.84. The molecule has 1 unspecified atom stereocenters. The molecule has 0 spiro atoms. The quantitative estimate of drug-likeness (QED) is 0.147. The summed E-state index contributed by atoms with van der Waals surface area (Å²) >= 11 is 0. The molecule has 212 valence electrons. The number of aryl methyl sites for hydroxylation is 1. The van der Waals surface area contributed by atoms with Crippen molar-refractivity contribution in [3.05, 3.63) is 52.4 Å². The first-order chi connectivity index (χ1) is 18.2. The van der Waals surface area contributed by atoms with Gasteiger partial charge in [-0.15, -0.1) is 4.99 Å². The van der Waals surface area contributed by atoms with E-state index in [4.69, 9.17) is 10.00 Å². The number of nitrogens with zero attached hydrogens (tertiary/aromatic N) is 7. The standard InChI is InChI=1S/C24H30F5N9O/c1-14-7-18(35-36-21(14)17(9-24(27,28)29)11-37(5)31-4)10-32-23(33-13-30)34-19-8-15(2)38(6)22(16(19)3)39-12-20(25)26/h7-8,11,15,20H,4,9-10,12H2,1-3,5-6H3,(H2,32,33,34)/b17-11+. The maximum absolute atomic E-state index is 13.1. The lowest BCUT2D eigenvalue weighted by molar-refractivity contribution is -0.123. The van der Waals surface area contributed by atoms with Crippen molar-refractivity contribution in [2.24, 2.45) is 10.1 Å². The first kappa shape index (κ1) is 31.0. The molecule has 39 heavy (non-hydrogen) atoms. The van der Waals surface area contributed by atoms with Crippen molar-refractivity contribution in [3.8, 4) is 6.19 Å². The van der Waals surface area contributed by atoms with E-state index < -0.39 is 25.6 Å². The van der Waals surface area contributed by atoms with E-state index in [1.54, 1.807) is 38.1 Å². The SMILES string of the molecule is C=NN(C)/C=C(\CC(F)(F)F)c1nnc(CN/C(=N/C#N)NC2=CC(C)N(C)C(OCC(F)F)=C2C)cc1C. The van der Waals surface area contributed by atoms with Crippen LogP contribution in [-0.4, -0.2) is 72.1 Å². The Morgan fingerprint density at radius 2 is 2.05 bits per heavy atom. The normalized spacial score (nSPS) is 16.6. The Kier molecular flexibility index (Phi) is 10.8. The second-order valence-corrected chi connectivity index (χ2v) is 8.63. The van der Waals surface area contributed by atoms with Crippen molar-refractivity contribution in [1.82, 2.24) is 30.7 Å². The zero-order valence-electron chi connectivity index (χ0n) is 22.1. The summed E-state index contributed by atoms with van der Waals surface area (Å²) in [5.41, 5.74) is 1.73. The molecule has 2 N–H and O–H groups in total. The number of hydrazone groups is 1. The van der Waals surface area contributed by atoms with E-state index in [2.05, 4.69) is 37.6 Å². The number of nitrogens with one attached hydrogen (secondary N) is 2. The molecule has 1 aromatic rings. The van der Waals surface area contributed by atoms with Gasteiger partial charge in [0.05, 0.1) is 24.4 Å². The highest BCUT2D eigenvalue weighted by Crippen LogP contribution is 2.31. The van der Waals surface area contributed by atoms with Gasteiger partial charge >= 0.3 is 6.18 Å². The van der Waals surface area contributed by atoms with E-state index in [9.17, 15) is 22.0 Å². The van der Waals surface area contributed by atoms with Crippen LogP contribution in [0.25, 0.3) is 5.57 Å². The van der Waals surface area contributed by atoms with Gasteiger partial charge in [-0.05, 0) is 38.5 Å². The van der Waals surface area contributed by atoms with Crippen LogP contribution in [-0.2, 0) is 11.3 Å². The maximum atomic E-state index is 13.1. The Bertz CT molecular complexity index is 1200. The molecular weight excluding hydrogens is 525 g/mol. The Balaban J connectivity index is 2.23. The van der Waals surface area contributed by atoms with Gasteiger partial charge < -0.3 is 20.3 Å². The van der Waals surface area contributed by atoms with Crippen molar-refractivity contribution >= 4 is 18.3 Å². The number of alkyl halides is 5. The van der Waals surface area contributed by atoms with Crippen LogP contribution in [0.2, 0.25) is 0 Å². The summed E-state index contributed by atoms with van der Waals surface area (Å²) in [6.45, 7) is 7.64. The number of hydrogen-bond donors (Lipinski definition) is 2. The highest BCUT2D eigenvalue weighted by Gasteiger charge is 2.31. The van der Waals surface area contributed by atoms with Crippen LogP contribution in [0.5, 0.6) is 0 Å². The minimum atomic E-state index is -4.48. The van der Waals surface area contributed by atoms with Crippen LogP contribution in [0.15, 0.2) is 45.6 Å². The zero-order chi connectivity index (χ0) is 29.3. The second kappa shape index (κ2) is 13.5. The van der Waals surface area contributed by atoms with Gasteiger partial charge in [0.15, 0.2) is 12.5 Å². The van der Waals surface area contributed by atoms with Gasteiger partial charge in [-0.2, -0.15) is 33.7 Å². The van der Waals surface area contributed by atoms with Crippen LogP contribution in [0.4, 0.5) is 22.0 Å². The first-order valence-corrected chi connectivity index (χ1v) is 11.6. The van der Waals surface area contributed by atoms with E-state index in [-0.39, 0.29) is 35.7 Å². The van der Waals surface area contributed by atoms with Gasteiger partial charge in [-0.1, -0.05) is 0 Å².